The fraction of sp³-hybridized carbons (Fsp3) is 0.500. The van der Waals surface area contributed by atoms with Crippen molar-refractivity contribution in [3.63, 3.8) is 0 Å². The van der Waals surface area contributed by atoms with E-state index in [1.54, 1.807) is 31.1 Å². The number of urea groups is 1. The molecule has 1 aromatic carbocycles. The Bertz CT molecular complexity index is 1220. The third-order valence-electron chi connectivity index (χ3n) is 7.52. The molecule has 2 N–H and O–H groups in total. The summed E-state index contributed by atoms with van der Waals surface area (Å²) in [5, 5.41) is 12.6. The molecule has 1 fully saturated rings. The Morgan fingerprint density at radius 3 is 2.72 bits per heavy atom. The van der Waals surface area contributed by atoms with E-state index >= 15 is 0 Å². The number of aliphatic hydroxyl groups is 1. The fourth-order valence-electron chi connectivity index (χ4n) is 5.01. The van der Waals surface area contributed by atoms with Crippen LogP contribution >= 0.6 is 0 Å². The summed E-state index contributed by atoms with van der Waals surface area (Å²) in [5.74, 6) is 6.39. The highest BCUT2D eigenvalue weighted by atomic mass is 19.1. The number of hydrogen-bond donors (Lipinski definition) is 2. The van der Waals surface area contributed by atoms with E-state index in [1.807, 2.05) is 6.92 Å². The van der Waals surface area contributed by atoms with Crippen molar-refractivity contribution in [1.29, 1.82) is 0 Å². The van der Waals surface area contributed by atoms with Crippen LogP contribution in [0.3, 0.4) is 0 Å². The summed E-state index contributed by atoms with van der Waals surface area (Å²) in [7, 11) is 1.64. The summed E-state index contributed by atoms with van der Waals surface area (Å²) in [6.07, 6.45) is 6.92. The molecule has 4 rings (SSSR count). The zero-order valence-electron chi connectivity index (χ0n) is 22.8. The van der Waals surface area contributed by atoms with Gasteiger partial charge in [-0.1, -0.05) is 31.6 Å². The van der Waals surface area contributed by atoms with Crippen LogP contribution in [0.1, 0.15) is 61.9 Å². The topological polar surface area (TPSA) is 95.0 Å². The maximum absolute atomic E-state index is 13.6. The molecular formula is C30H37FN4O4. The smallest absolute Gasteiger partial charge is 0.321 e. The van der Waals surface area contributed by atoms with Gasteiger partial charge in [-0.05, 0) is 56.0 Å². The second-order valence-electron chi connectivity index (χ2n) is 10.7. The van der Waals surface area contributed by atoms with Gasteiger partial charge < -0.3 is 25.0 Å². The normalized spacial score (nSPS) is 20.1. The minimum Gasteiger partial charge on any atom is -0.472 e. The highest BCUT2D eigenvalue weighted by Crippen LogP contribution is 2.28. The summed E-state index contributed by atoms with van der Waals surface area (Å²) in [6, 6.07) is 6.45. The molecule has 9 heteroatoms. The van der Waals surface area contributed by atoms with Crippen LogP contribution in [-0.2, 0) is 0 Å². The number of pyridine rings is 1. The number of fused-ring (bicyclic) bond motifs is 1. The van der Waals surface area contributed by atoms with E-state index in [1.165, 1.54) is 54.8 Å². The number of rotatable bonds is 6. The van der Waals surface area contributed by atoms with Crippen LogP contribution in [0.4, 0.5) is 14.9 Å². The van der Waals surface area contributed by atoms with Crippen molar-refractivity contribution >= 4 is 17.6 Å². The van der Waals surface area contributed by atoms with Gasteiger partial charge in [-0.2, -0.15) is 0 Å². The molecule has 8 nitrogen and oxygen atoms in total. The Kier molecular flexibility index (Phi) is 9.41. The zero-order chi connectivity index (χ0) is 27.9. The van der Waals surface area contributed by atoms with E-state index in [0.29, 0.717) is 29.3 Å². The largest absolute Gasteiger partial charge is 0.472 e. The first-order valence-corrected chi connectivity index (χ1v) is 13.6. The number of anilines is 1. The highest BCUT2D eigenvalue weighted by molar-refractivity contribution is 5.97. The van der Waals surface area contributed by atoms with Gasteiger partial charge in [0, 0.05) is 43.4 Å². The first-order chi connectivity index (χ1) is 18.7. The van der Waals surface area contributed by atoms with Crippen molar-refractivity contribution in [3.8, 4) is 17.7 Å². The number of halogens is 1. The van der Waals surface area contributed by atoms with Crippen LogP contribution in [0, 0.1) is 29.5 Å². The van der Waals surface area contributed by atoms with Gasteiger partial charge in [-0.3, -0.25) is 4.79 Å². The molecule has 0 bridgehead atoms. The van der Waals surface area contributed by atoms with Crippen LogP contribution in [0.2, 0.25) is 0 Å². The summed E-state index contributed by atoms with van der Waals surface area (Å²) >= 11 is 0. The molecule has 1 aromatic heterocycles. The summed E-state index contributed by atoms with van der Waals surface area (Å²) in [4.78, 5) is 34.0. The average molecular weight is 537 g/mol. The lowest BCUT2D eigenvalue weighted by Gasteiger charge is -2.37. The minimum atomic E-state index is -0.485. The van der Waals surface area contributed by atoms with E-state index in [9.17, 15) is 19.1 Å². The molecule has 0 unspecified atom stereocenters. The maximum atomic E-state index is 13.6. The van der Waals surface area contributed by atoms with E-state index in [2.05, 4.69) is 22.1 Å². The van der Waals surface area contributed by atoms with Crippen LogP contribution in [0.5, 0.6) is 5.88 Å². The number of nitrogens with one attached hydrogen (secondary N) is 1. The van der Waals surface area contributed by atoms with Crippen LogP contribution in [-0.4, -0.2) is 70.7 Å². The lowest BCUT2D eigenvalue weighted by atomic mass is 10.00. The van der Waals surface area contributed by atoms with Crippen molar-refractivity contribution in [2.45, 2.75) is 58.1 Å². The molecule has 208 valence electrons. The standard InChI is InChI=1S/C30H37FN4O4/c1-20-17-35(21(2)19-36)29(37)26-15-23(10-6-9-22-7-4-5-8-22)16-32-28(26)39-27(20)18-34(3)30(38)33-25-13-11-24(31)12-14-25/h11-16,20-22,27,36H,4-5,7-9,17-19H2,1-3H3,(H,33,38)/t20-,21+,27-/m0/s1. The first kappa shape index (κ1) is 28.4. The number of aliphatic hydroxyl groups excluding tert-OH is 1. The molecule has 3 amide bonds. The van der Waals surface area contributed by atoms with E-state index in [-0.39, 0.29) is 42.7 Å². The van der Waals surface area contributed by atoms with Crippen molar-refractivity contribution in [3.05, 3.63) is 53.5 Å². The lowest BCUT2D eigenvalue weighted by Crippen LogP contribution is -2.50. The van der Waals surface area contributed by atoms with Gasteiger partial charge in [0.1, 0.15) is 17.5 Å². The predicted octanol–water partition coefficient (Wildman–Crippen LogP) is 4.54. The number of nitrogens with zero attached hydrogens (tertiary/aromatic N) is 3. The predicted molar refractivity (Wildman–Crippen MR) is 147 cm³/mol. The molecule has 2 aliphatic rings. The van der Waals surface area contributed by atoms with Gasteiger partial charge in [-0.25, -0.2) is 14.2 Å². The lowest BCUT2D eigenvalue weighted by molar-refractivity contribution is 0.0356. The quantitative estimate of drug-likeness (QED) is 0.529. The van der Waals surface area contributed by atoms with Gasteiger partial charge in [-0.15, -0.1) is 0 Å². The van der Waals surface area contributed by atoms with E-state index in [0.717, 1.165) is 6.42 Å². The number of amides is 3. The Morgan fingerprint density at radius 1 is 1.31 bits per heavy atom. The monoisotopic (exact) mass is 536 g/mol. The van der Waals surface area contributed by atoms with Gasteiger partial charge >= 0.3 is 6.03 Å². The molecule has 2 heterocycles. The number of carbonyl (C=O) groups excluding carboxylic acids is 2. The second kappa shape index (κ2) is 12.9. The average Bonchev–Trinajstić information content (AvgIpc) is 3.45. The Balaban J connectivity index is 1.54. The van der Waals surface area contributed by atoms with Crippen LogP contribution < -0.4 is 10.1 Å². The molecule has 0 spiro atoms. The second-order valence-corrected chi connectivity index (χ2v) is 10.7. The number of likely N-dealkylation sites (N-methyl/N-ethyl adjacent to an activating group) is 1. The third kappa shape index (κ3) is 7.27. The van der Waals surface area contributed by atoms with Crippen LogP contribution in [0.15, 0.2) is 36.5 Å². The van der Waals surface area contributed by atoms with Gasteiger partial charge in [0.2, 0.25) is 5.88 Å². The molecule has 0 saturated heterocycles. The minimum absolute atomic E-state index is 0.176. The van der Waals surface area contributed by atoms with Crippen molar-refractivity contribution < 1.29 is 23.8 Å². The molecule has 1 aliphatic carbocycles. The summed E-state index contributed by atoms with van der Waals surface area (Å²) in [6.45, 7) is 4.09. The molecule has 0 radical (unpaired) electrons. The van der Waals surface area contributed by atoms with Gasteiger partial charge in [0.05, 0.1) is 19.2 Å². The molecular weight excluding hydrogens is 499 g/mol. The molecule has 1 aliphatic heterocycles. The summed E-state index contributed by atoms with van der Waals surface area (Å²) < 4.78 is 19.5. The van der Waals surface area contributed by atoms with E-state index < -0.39 is 12.1 Å². The Hall–Kier alpha value is -3.64. The molecule has 1 saturated carbocycles. The fourth-order valence-corrected chi connectivity index (χ4v) is 5.01. The van der Waals surface area contributed by atoms with Crippen molar-refractivity contribution in [2.24, 2.45) is 11.8 Å². The number of benzene rings is 1. The Labute approximate surface area is 229 Å². The molecule has 3 atom stereocenters. The first-order valence-electron chi connectivity index (χ1n) is 13.6. The van der Waals surface area contributed by atoms with Gasteiger partial charge in [0.15, 0.2) is 0 Å². The number of carbonyl (C=O) groups is 2. The van der Waals surface area contributed by atoms with Gasteiger partial charge in [0.25, 0.3) is 5.91 Å². The zero-order valence-corrected chi connectivity index (χ0v) is 22.8. The third-order valence-corrected chi connectivity index (χ3v) is 7.52. The Morgan fingerprint density at radius 2 is 2.03 bits per heavy atom. The number of aromatic nitrogens is 1. The highest BCUT2D eigenvalue weighted by Gasteiger charge is 2.34. The number of hydrogen-bond acceptors (Lipinski definition) is 5. The number of ether oxygens (including phenoxy) is 1. The summed E-state index contributed by atoms with van der Waals surface area (Å²) in [5.41, 5.74) is 1.40. The SMILES string of the molecule is C[C@H](CO)N1C[C@H](C)[C@H](CN(C)C(=O)Nc2ccc(F)cc2)Oc2ncc(C#CCC3CCCC3)cc2C1=O. The van der Waals surface area contributed by atoms with Crippen molar-refractivity contribution in [2.75, 3.05) is 32.1 Å². The van der Waals surface area contributed by atoms with E-state index in [4.69, 9.17) is 4.74 Å². The molecule has 39 heavy (non-hydrogen) atoms. The molecule has 2 aromatic rings. The maximum Gasteiger partial charge on any atom is 0.321 e. The van der Waals surface area contributed by atoms with Crippen LogP contribution in [0.25, 0.3) is 0 Å². The van der Waals surface area contributed by atoms with Crippen molar-refractivity contribution in [1.82, 2.24) is 14.8 Å².